The highest BCUT2D eigenvalue weighted by atomic mass is 32.1. The molecule has 4 aromatic rings. The molecule has 0 spiro atoms. The fourth-order valence-corrected chi connectivity index (χ4v) is 4.10. The van der Waals surface area contributed by atoms with Gasteiger partial charge < -0.3 is 14.8 Å². The van der Waals surface area contributed by atoms with Gasteiger partial charge in [-0.3, -0.25) is 0 Å². The zero-order chi connectivity index (χ0) is 20.1. The molecule has 0 aliphatic heterocycles. The van der Waals surface area contributed by atoms with Crippen molar-refractivity contribution < 1.29 is 9.47 Å². The second kappa shape index (κ2) is 9.07. The van der Waals surface area contributed by atoms with Crippen LogP contribution in [0.3, 0.4) is 0 Å². The van der Waals surface area contributed by atoms with Crippen LogP contribution in [0.2, 0.25) is 0 Å². The summed E-state index contributed by atoms with van der Waals surface area (Å²) in [5.74, 6) is 1.76. The highest BCUT2D eigenvalue weighted by Gasteiger charge is 2.11. The van der Waals surface area contributed by atoms with E-state index in [1.54, 1.807) is 25.6 Å². The fraction of sp³-hybridized carbons (Fsp3) is 0.208. The van der Waals surface area contributed by atoms with Crippen LogP contribution < -0.4 is 14.8 Å². The van der Waals surface area contributed by atoms with E-state index in [1.807, 2.05) is 30.3 Å². The third-order valence-corrected chi connectivity index (χ3v) is 5.66. The third-order valence-electron chi connectivity index (χ3n) is 4.98. The van der Waals surface area contributed by atoms with Crippen LogP contribution >= 0.6 is 11.3 Å². The molecule has 0 atom stereocenters. The standard InChI is InChI=1S/C24H24N2O2S/c1-27-21-8-7-18-13-20(24(26-22(18)14-21)19-10-12-29-16-19)15-25-11-9-17-5-3-4-6-23(17)28-2/h3-8,10,12-14,16,25H,9,11,15H2,1-2H3. The molecule has 29 heavy (non-hydrogen) atoms. The van der Waals surface area contributed by atoms with Crippen molar-refractivity contribution >= 4 is 22.2 Å². The quantitative estimate of drug-likeness (QED) is 0.404. The van der Waals surface area contributed by atoms with E-state index in [-0.39, 0.29) is 0 Å². The molecule has 0 radical (unpaired) electrons. The van der Waals surface area contributed by atoms with Crippen LogP contribution in [0.5, 0.6) is 11.5 Å². The first-order valence-corrected chi connectivity index (χ1v) is 10.6. The van der Waals surface area contributed by atoms with E-state index in [9.17, 15) is 0 Å². The monoisotopic (exact) mass is 404 g/mol. The van der Waals surface area contributed by atoms with Gasteiger partial charge in [0.2, 0.25) is 0 Å². The van der Waals surface area contributed by atoms with Gasteiger partial charge in [0.25, 0.3) is 0 Å². The second-order valence-corrected chi connectivity index (χ2v) is 7.59. The number of benzene rings is 2. The van der Waals surface area contributed by atoms with Gasteiger partial charge in [0.1, 0.15) is 11.5 Å². The second-order valence-electron chi connectivity index (χ2n) is 6.81. The minimum Gasteiger partial charge on any atom is -0.497 e. The summed E-state index contributed by atoms with van der Waals surface area (Å²) in [6.45, 7) is 1.62. The lowest BCUT2D eigenvalue weighted by Crippen LogP contribution is -2.17. The Morgan fingerprint density at radius 3 is 2.66 bits per heavy atom. The van der Waals surface area contributed by atoms with E-state index < -0.39 is 0 Å². The Morgan fingerprint density at radius 2 is 1.86 bits per heavy atom. The molecular formula is C24H24N2O2S. The summed E-state index contributed by atoms with van der Waals surface area (Å²) < 4.78 is 10.8. The average Bonchev–Trinajstić information content (AvgIpc) is 3.30. The van der Waals surface area contributed by atoms with Gasteiger partial charge in [0.15, 0.2) is 0 Å². The van der Waals surface area contributed by atoms with Gasteiger partial charge in [-0.05, 0) is 59.8 Å². The van der Waals surface area contributed by atoms with Crippen LogP contribution in [0.4, 0.5) is 0 Å². The smallest absolute Gasteiger partial charge is 0.122 e. The fourth-order valence-electron chi connectivity index (χ4n) is 3.46. The first kappa shape index (κ1) is 19.4. The predicted molar refractivity (Wildman–Crippen MR) is 120 cm³/mol. The summed E-state index contributed by atoms with van der Waals surface area (Å²) >= 11 is 1.69. The Hall–Kier alpha value is -2.89. The topological polar surface area (TPSA) is 43.4 Å². The van der Waals surface area contributed by atoms with Crippen molar-refractivity contribution in [3.8, 4) is 22.8 Å². The van der Waals surface area contributed by atoms with Crippen molar-refractivity contribution in [2.75, 3.05) is 20.8 Å². The molecule has 2 heterocycles. The molecular weight excluding hydrogens is 380 g/mol. The molecule has 4 nitrogen and oxygen atoms in total. The number of para-hydroxylation sites is 1. The molecule has 0 aliphatic carbocycles. The minimum absolute atomic E-state index is 0.759. The van der Waals surface area contributed by atoms with Crippen LogP contribution in [0.1, 0.15) is 11.1 Å². The number of rotatable bonds is 8. The molecule has 2 aromatic carbocycles. The van der Waals surface area contributed by atoms with E-state index in [2.05, 4.69) is 40.3 Å². The molecule has 2 aromatic heterocycles. The van der Waals surface area contributed by atoms with Crippen LogP contribution in [0, 0.1) is 0 Å². The number of nitrogens with zero attached hydrogens (tertiary/aromatic N) is 1. The summed E-state index contributed by atoms with van der Waals surface area (Å²) in [5.41, 5.74) is 5.53. The van der Waals surface area contributed by atoms with Crippen molar-refractivity contribution in [1.29, 1.82) is 0 Å². The number of fused-ring (bicyclic) bond motifs is 1. The van der Waals surface area contributed by atoms with Gasteiger partial charge in [0, 0.05) is 28.9 Å². The first-order valence-electron chi connectivity index (χ1n) is 9.61. The van der Waals surface area contributed by atoms with E-state index >= 15 is 0 Å². The van der Waals surface area contributed by atoms with Crippen LogP contribution in [0.15, 0.2) is 65.4 Å². The highest BCUT2D eigenvalue weighted by molar-refractivity contribution is 7.08. The van der Waals surface area contributed by atoms with Crippen LogP contribution in [-0.4, -0.2) is 25.7 Å². The van der Waals surface area contributed by atoms with Crippen LogP contribution in [-0.2, 0) is 13.0 Å². The van der Waals surface area contributed by atoms with Gasteiger partial charge >= 0.3 is 0 Å². The van der Waals surface area contributed by atoms with Crippen molar-refractivity contribution in [1.82, 2.24) is 10.3 Å². The zero-order valence-corrected chi connectivity index (χ0v) is 17.5. The maximum absolute atomic E-state index is 5.45. The Morgan fingerprint density at radius 1 is 0.966 bits per heavy atom. The molecule has 148 valence electrons. The number of ether oxygens (including phenoxy) is 2. The number of aromatic nitrogens is 1. The normalized spacial score (nSPS) is 11.0. The summed E-state index contributed by atoms with van der Waals surface area (Å²) in [4.78, 5) is 4.96. The molecule has 0 bridgehead atoms. The van der Waals surface area contributed by atoms with Gasteiger partial charge in [0.05, 0.1) is 25.4 Å². The number of methoxy groups -OCH3 is 2. The molecule has 5 heteroatoms. The highest BCUT2D eigenvalue weighted by Crippen LogP contribution is 2.29. The lowest BCUT2D eigenvalue weighted by Gasteiger charge is -2.13. The molecule has 0 fully saturated rings. The summed E-state index contributed by atoms with van der Waals surface area (Å²) in [5, 5.41) is 8.93. The zero-order valence-electron chi connectivity index (χ0n) is 16.6. The maximum Gasteiger partial charge on any atom is 0.122 e. The van der Waals surface area contributed by atoms with Gasteiger partial charge in [-0.2, -0.15) is 11.3 Å². The van der Waals surface area contributed by atoms with Crippen molar-refractivity contribution in [3.63, 3.8) is 0 Å². The predicted octanol–water partition coefficient (Wildman–Crippen LogP) is 5.31. The van der Waals surface area contributed by atoms with Crippen molar-refractivity contribution in [2.24, 2.45) is 0 Å². The Bertz CT molecular complexity index is 1090. The molecule has 0 saturated heterocycles. The number of hydrogen-bond donors (Lipinski definition) is 1. The van der Waals surface area contributed by atoms with E-state index in [4.69, 9.17) is 14.5 Å². The van der Waals surface area contributed by atoms with Gasteiger partial charge in [-0.15, -0.1) is 0 Å². The van der Waals surface area contributed by atoms with Crippen LogP contribution in [0.25, 0.3) is 22.2 Å². The molecule has 0 saturated carbocycles. The van der Waals surface area contributed by atoms with Crippen molar-refractivity contribution in [3.05, 3.63) is 76.5 Å². The van der Waals surface area contributed by atoms with Gasteiger partial charge in [-0.1, -0.05) is 18.2 Å². The molecule has 0 amide bonds. The summed E-state index contributed by atoms with van der Waals surface area (Å²) in [6, 6.07) is 18.6. The van der Waals surface area contributed by atoms with E-state index in [0.717, 1.165) is 53.2 Å². The first-order chi connectivity index (χ1) is 14.3. The number of hydrogen-bond acceptors (Lipinski definition) is 5. The molecule has 4 rings (SSSR count). The van der Waals surface area contributed by atoms with Crippen molar-refractivity contribution in [2.45, 2.75) is 13.0 Å². The number of nitrogens with one attached hydrogen (secondary N) is 1. The summed E-state index contributed by atoms with van der Waals surface area (Å²) in [6.07, 6.45) is 0.913. The largest absolute Gasteiger partial charge is 0.497 e. The minimum atomic E-state index is 0.759. The average molecular weight is 405 g/mol. The molecule has 1 N–H and O–H groups in total. The SMILES string of the molecule is COc1ccc2cc(CNCCc3ccccc3OC)c(-c3ccsc3)nc2c1. The Kier molecular flexibility index (Phi) is 6.08. The third kappa shape index (κ3) is 4.42. The number of pyridine rings is 1. The lowest BCUT2D eigenvalue weighted by atomic mass is 10.0. The summed E-state index contributed by atoms with van der Waals surface area (Å²) in [7, 11) is 3.40. The molecule has 0 aliphatic rings. The van der Waals surface area contributed by atoms with E-state index in [1.165, 1.54) is 11.1 Å². The Labute approximate surface area is 175 Å². The lowest BCUT2D eigenvalue weighted by molar-refractivity contribution is 0.409. The molecule has 0 unspecified atom stereocenters. The Balaban J connectivity index is 1.55. The maximum atomic E-state index is 5.45. The number of thiophene rings is 1. The van der Waals surface area contributed by atoms with Gasteiger partial charge in [-0.25, -0.2) is 4.98 Å². The van der Waals surface area contributed by atoms with E-state index in [0.29, 0.717) is 0 Å².